The second kappa shape index (κ2) is 16.7. The molecule has 1 fully saturated rings. The Labute approximate surface area is 326 Å². The molecule has 0 radical (unpaired) electrons. The molecule has 2 aliphatic heterocycles. The third-order valence-electron chi connectivity index (χ3n) is 11.1. The first-order valence-electron chi connectivity index (χ1n) is 19.2. The summed E-state index contributed by atoms with van der Waals surface area (Å²) in [5.74, 6) is -2.34. The number of hydrogen-bond donors (Lipinski definition) is 2. The fourth-order valence-corrected chi connectivity index (χ4v) is 8.26. The Morgan fingerprint density at radius 3 is 2.67 bits per heavy atom. The first-order chi connectivity index (χ1) is 27.4. The van der Waals surface area contributed by atoms with Gasteiger partial charge in [-0.3, -0.25) is 4.90 Å². The molecule has 0 saturated carbocycles. The molecule has 10 nitrogen and oxygen atoms in total. The molecule has 57 heavy (non-hydrogen) atoms. The van der Waals surface area contributed by atoms with E-state index in [1.165, 1.54) is 12.1 Å². The Kier molecular flexibility index (Phi) is 11.7. The van der Waals surface area contributed by atoms with Crippen LogP contribution in [0.1, 0.15) is 61.7 Å². The van der Waals surface area contributed by atoms with E-state index in [0.717, 1.165) is 25.0 Å². The molecule has 2 aromatic heterocycles. The van der Waals surface area contributed by atoms with E-state index < -0.39 is 47.1 Å². The molecular weight excluding hydrogens is 749 g/mol. The molecule has 3 unspecified atom stereocenters. The maximum Gasteiger partial charge on any atom is 0.519 e. The smallest absolute Gasteiger partial charge is 0.508 e. The molecule has 302 valence electrons. The van der Waals surface area contributed by atoms with E-state index in [2.05, 4.69) is 33.0 Å². The number of hydrogen-bond acceptors (Lipinski definition) is 10. The topological polar surface area (TPSA) is 117 Å². The lowest BCUT2D eigenvalue weighted by atomic mass is 9.86. The molecule has 5 aromatic rings. The Hall–Kier alpha value is -5.20. The van der Waals surface area contributed by atoms with Crippen molar-refractivity contribution in [3.05, 3.63) is 75.0 Å². The third-order valence-corrected chi connectivity index (χ3v) is 11.1. The zero-order valence-corrected chi connectivity index (χ0v) is 31.9. The number of aromatic hydroxyl groups is 1. The second-order valence-corrected chi connectivity index (χ2v) is 15.1. The number of nitrogens with zero attached hydrogens (tertiary/aromatic N) is 4. The summed E-state index contributed by atoms with van der Waals surface area (Å²) in [6.07, 6.45) is 6.23. The number of fused-ring (bicyclic) bond motifs is 1. The molecule has 0 spiro atoms. The molecule has 7 rings (SSSR count). The van der Waals surface area contributed by atoms with Crippen LogP contribution in [0, 0.1) is 48.6 Å². The van der Waals surface area contributed by atoms with Crippen molar-refractivity contribution in [1.29, 1.82) is 0 Å². The number of ether oxygens (including phenoxy) is 1. The lowest BCUT2D eigenvalue weighted by Gasteiger charge is -2.36. The molecule has 0 aliphatic carbocycles. The van der Waals surface area contributed by atoms with Gasteiger partial charge in [0.1, 0.15) is 34.5 Å². The Bertz CT molecular complexity index is 2390. The number of phenolic OH excluding ortho intramolecular Hbond substituents is 1. The number of alkyl halides is 2. The lowest BCUT2D eigenvalue weighted by molar-refractivity contribution is -0.0142. The fourth-order valence-electron chi connectivity index (χ4n) is 8.26. The maximum atomic E-state index is 17.3. The van der Waals surface area contributed by atoms with Gasteiger partial charge >= 0.3 is 11.8 Å². The van der Waals surface area contributed by atoms with Crippen molar-refractivity contribution >= 4 is 27.5 Å². The van der Waals surface area contributed by atoms with Crippen molar-refractivity contribution in [2.75, 3.05) is 45.2 Å². The standard InChI is InChI=1S/C42H44F5N5O5/c1-5-7-14-52(20-32-22(3)56-42(54)57-32)19-25-9-8-10-29-35-38(49-41(50-40(35)48-25)55-21-24-18-51(4)15-13-28(24)39(46)47)37(45)34(36(29)44)30-17-26(53)16-23-11-12-31(43)27(6-2)33(23)30/h2,11-12,16-17,24-25,28,39,53H,5,7-10,13-15,18-21H2,1,3-4H3,(H,48,49,50). The summed E-state index contributed by atoms with van der Waals surface area (Å²) in [6, 6.07) is 4.32. The van der Waals surface area contributed by atoms with Gasteiger partial charge in [-0.25, -0.2) is 26.7 Å². The molecule has 3 atom stereocenters. The second-order valence-electron chi connectivity index (χ2n) is 15.1. The third kappa shape index (κ3) is 8.15. The molecule has 0 amide bonds. The van der Waals surface area contributed by atoms with Crippen LogP contribution in [0.2, 0.25) is 0 Å². The molecule has 4 heterocycles. The average Bonchev–Trinajstić information content (AvgIpc) is 3.48. The number of terminal acetylenes is 1. The zero-order chi connectivity index (χ0) is 40.5. The lowest BCUT2D eigenvalue weighted by Crippen LogP contribution is -2.43. The van der Waals surface area contributed by atoms with Crippen LogP contribution in [0.4, 0.5) is 27.8 Å². The summed E-state index contributed by atoms with van der Waals surface area (Å²) in [5.41, 5.74) is -1.19. The number of piperidine rings is 1. The van der Waals surface area contributed by atoms with Gasteiger partial charge in [0, 0.05) is 47.5 Å². The predicted octanol–water partition coefficient (Wildman–Crippen LogP) is 8.04. The van der Waals surface area contributed by atoms with Crippen LogP contribution in [0.5, 0.6) is 11.8 Å². The molecule has 2 N–H and O–H groups in total. The largest absolute Gasteiger partial charge is 0.519 e. The number of rotatable bonds is 12. The van der Waals surface area contributed by atoms with Crippen LogP contribution in [0.3, 0.4) is 0 Å². The summed E-state index contributed by atoms with van der Waals surface area (Å²) in [5, 5.41) is 14.5. The van der Waals surface area contributed by atoms with E-state index in [1.54, 1.807) is 6.92 Å². The number of likely N-dealkylation sites (tertiary alicyclic amines) is 1. The van der Waals surface area contributed by atoms with E-state index in [9.17, 15) is 18.7 Å². The SMILES string of the molecule is C#Cc1c(F)ccc2cc(O)cc(-c3c(F)c4c5c(nc(OCC6CN(C)CCC6C(F)F)nc5c3F)NC(CN(CCCC)Cc3oc(=O)oc3C)CCC4)c12. The van der Waals surface area contributed by atoms with Gasteiger partial charge in [0.05, 0.1) is 29.7 Å². The minimum atomic E-state index is -2.57. The molecule has 2 aliphatic rings. The normalized spacial score (nSPS) is 18.9. The van der Waals surface area contributed by atoms with E-state index in [1.807, 2.05) is 11.9 Å². The number of halogens is 5. The zero-order valence-electron chi connectivity index (χ0n) is 31.9. The molecule has 3 aromatic carbocycles. The maximum absolute atomic E-state index is 17.3. The van der Waals surface area contributed by atoms with Crippen molar-refractivity contribution in [2.45, 2.75) is 71.4 Å². The van der Waals surface area contributed by atoms with E-state index in [0.29, 0.717) is 50.5 Å². The number of anilines is 1. The van der Waals surface area contributed by atoms with E-state index >= 15 is 13.2 Å². The number of phenols is 1. The van der Waals surface area contributed by atoms with Gasteiger partial charge in [0.2, 0.25) is 6.43 Å². The van der Waals surface area contributed by atoms with E-state index in [-0.39, 0.29) is 88.0 Å². The van der Waals surface area contributed by atoms with Crippen LogP contribution in [0.15, 0.2) is 37.9 Å². The quantitative estimate of drug-likeness (QED) is 0.0950. The Morgan fingerprint density at radius 1 is 1.14 bits per heavy atom. The van der Waals surface area contributed by atoms with Crippen LogP contribution >= 0.6 is 0 Å². The number of unbranched alkanes of at least 4 members (excludes halogenated alkanes) is 1. The van der Waals surface area contributed by atoms with Gasteiger partial charge in [-0.05, 0) is 82.8 Å². The Morgan fingerprint density at radius 2 is 1.95 bits per heavy atom. The highest BCUT2D eigenvalue weighted by molar-refractivity contribution is 6.05. The monoisotopic (exact) mass is 793 g/mol. The summed E-state index contributed by atoms with van der Waals surface area (Å²) < 4.78 is 94.1. The summed E-state index contributed by atoms with van der Waals surface area (Å²) in [7, 11) is 1.84. The summed E-state index contributed by atoms with van der Waals surface area (Å²) in [6.45, 7) is 5.73. The van der Waals surface area contributed by atoms with Gasteiger partial charge in [-0.2, -0.15) is 9.97 Å². The van der Waals surface area contributed by atoms with Crippen molar-refractivity contribution in [2.24, 2.45) is 11.8 Å². The van der Waals surface area contributed by atoms with Gasteiger partial charge in [0.25, 0.3) is 0 Å². The van der Waals surface area contributed by atoms with Crippen molar-refractivity contribution in [1.82, 2.24) is 19.8 Å². The van der Waals surface area contributed by atoms with Crippen molar-refractivity contribution in [3.8, 4) is 35.2 Å². The molecule has 1 saturated heterocycles. The minimum Gasteiger partial charge on any atom is -0.508 e. The highest BCUT2D eigenvalue weighted by atomic mass is 19.3. The van der Waals surface area contributed by atoms with Crippen LogP contribution in [-0.4, -0.2) is 77.2 Å². The van der Waals surface area contributed by atoms with Gasteiger partial charge in [0.15, 0.2) is 11.6 Å². The highest BCUT2D eigenvalue weighted by Gasteiger charge is 2.36. The number of nitrogens with one attached hydrogen (secondary N) is 1. The van der Waals surface area contributed by atoms with Crippen molar-refractivity contribution in [3.63, 3.8) is 0 Å². The Balaban J connectivity index is 1.36. The molecular formula is C42H44F5N5O5. The summed E-state index contributed by atoms with van der Waals surface area (Å²) >= 11 is 0. The average molecular weight is 794 g/mol. The van der Waals surface area contributed by atoms with Crippen LogP contribution in [0.25, 0.3) is 32.8 Å². The predicted molar refractivity (Wildman–Crippen MR) is 205 cm³/mol. The highest BCUT2D eigenvalue weighted by Crippen LogP contribution is 2.44. The number of aryl methyl sites for hydroxylation is 2. The first kappa shape index (κ1) is 40.0. The fraction of sp³-hybridized carbons (Fsp3) is 0.452. The minimum absolute atomic E-state index is 0.0322. The molecule has 0 bridgehead atoms. The summed E-state index contributed by atoms with van der Waals surface area (Å²) in [4.78, 5) is 24.9. The van der Waals surface area contributed by atoms with Crippen LogP contribution in [-0.2, 0) is 13.0 Å². The van der Waals surface area contributed by atoms with E-state index in [4.69, 9.17) is 20.0 Å². The molecule has 15 heteroatoms. The first-order valence-corrected chi connectivity index (χ1v) is 19.2. The van der Waals surface area contributed by atoms with Gasteiger partial charge < -0.3 is 28.9 Å². The number of benzene rings is 3. The van der Waals surface area contributed by atoms with Gasteiger partial charge in [-0.1, -0.05) is 25.3 Å². The van der Waals surface area contributed by atoms with Gasteiger partial charge in [-0.15, -0.1) is 6.42 Å². The van der Waals surface area contributed by atoms with Crippen molar-refractivity contribution < 1.29 is 40.6 Å². The number of aromatic nitrogens is 2. The van der Waals surface area contributed by atoms with Crippen LogP contribution < -0.4 is 15.9 Å².